The van der Waals surface area contributed by atoms with E-state index in [4.69, 9.17) is 10.3 Å². The number of aryl methyl sites for hydroxylation is 1. The van der Waals surface area contributed by atoms with E-state index in [0.29, 0.717) is 18.2 Å². The van der Waals surface area contributed by atoms with Gasteiger partial charge in [0.15, 0.2) is 0 Å². The second kappa shape index (κ2) is 7.40. The van der Waals surface area contributed by atoms with Crippen LogP contribution in [0.4, 0.5) is 5.95 Å². The lowest BCUT2D eigenvalue weighted by Gasteiger charge is -2.13. The third-order valence-electron chi connectivity index (χ3n) is 4.09. The van der Waals surface area contributed by atoms with Crippen molar-refractivity contribution in [1.29, 1.82) is 0 Å². The maximum absolute atomic E-state index is 13.2. The van der Waals surface area contributed by atoms with E-state index in [1.54, 1.807) is 19.1 Å². The van der Waals surface area contributed by atoms with Crippen molar-refractivity contribution in [2.75, 3.05) is 11.9 Å². The number of furan rings is 1. The molecule has 0 saturated carbocycles. The fourth-order valence-corrected chi connectivity index (χ4v) is 2.82. The second-order valence-electron chi connectivity index (χ2n) is 5.88. The van der Waals surface area contributed by atoms with Gasteiger partial charge >= 0.3 is 0 Å². The van der Waals surface area contributed by atoms with Crippen LogP contribution in [0.5, 0.6) is 0 Å². The number of hydrogen-bond donors (Lipinski definition) is 3. The molecule has 0 aliphatic carbocycles. The van der Waals surface area contributed by atoms with Crippen LogP contribution in [0, 0.1) is 6.92 Å². The summed E-state index contributed by atoms with van der Waals surface area (Å²) in [5.41, 5.74) is 2.51. The van der Waals surface area contributed by atoms with Gasteiger partial charge in [0.2, 0.25) is 11.7 Å². The number of para-hydroxylation sites is 1. The minimum atomic E-state index is -0.591. The van der Waals surface area contributed by atoms with Crippen LogP contribution in [0.15, 0.2) is 39.5 Å². The topological polar surface area (TPSA) is 115 Å². The molecule has 1 amide bonds. The lowest BCUT2D eigenvalue weighted by molar-refractivity contribution is 0.0953. The average Bonchev–Trinajstić information content (AvgIpc) is 2.98. The fourth-order valence-electron chi connectivity index (χ4n) is 2.82. The van der Waals surface area contributed by atoms with E-state index in [1.165, 1.54) is 4.57 Å². The number of nitrogens with zero attached hydrogens (tertiary/aromatic N) is 2. The van der Waals surface area contributed by atoms with Crippen molar-refractivity contribution in [3.8, 4) is 5.69 Å². The molecule has 1 aromatic carbocycles. The quantitative estimate of drug-likeness (QED) is 0.270. The number of unbranched alkanes of at least 4 members (excludes halogenated alkanes) is 1. The van der Waals surface area contributed by atoms with Crippen LogP contribution >= 0.6 is 0 Å². The highest BCUT2D eigenvalue weighted by molar-refractivity contribution is 6.06. The predicted octanol–water partition coefficient (Wildman–Crippen LogP) is 2.10. The molecule has 0 aliphatic rings. The zero-order chi connectivity index (χ0) is 18.7. The standard InChI is InChI=1S/C18H21N5O3/c1-3-4-10-20-18-21-16-14(13(11(2)26-16)15(24)22-19)17(25)23(18)12-8-6-5-7-9-12/h5-9H,3-4,10,19H2,1-2H3,(H,20,21)(H,22,24). The number of amides is 1. The Labute approximate surface area is 150 Å². The fraction of sp³-hybridized carbons (Fsp3) is 0.278. The molecule has 8 heteroatoms. The van der Waals surface area contributed by atoms with Crippen LogP contribution in [-0.2, 0) is 0 Å². The first kappa shape index (κ1) is 17.7. The van der Waals surface area contributed by atoms with E-state index in [-0.39, 0.29) is 22.4 Å². The van der Waals surface area contributed by atoms with Crippen molar-refractivity contribution >= 4 is 23.0 Å². The van der Waals surface area contributed by atoms with Gasteiger partial charge in [0.25, 0.3) is 11.5 Å². The summed E-state index contributed by atoms with van der Waals surface area (Å²) in [6.45, 7) is 4.34. The molecular weight excluding hydrogens is 334 g/mol. The van der Waals surface area contributed by atoms with Crippen molar-refractivity contribution in [3.63, 3.8) is 0 Å². The van der Waals surface area contributed by atoms with Crippen molar-refractivity contribution in [1.82, 2.24) is 15.0 Å². The predicted molar refractivity (Wildman–Crippen MR) is 99.4 cm³/mol. The van der Waals surface area contributed by atoms with Gasteiger partial charge in [-0.05, 0) is 25.5 Å². The van der Waals surface area contributed by atoms with E-state index in [2.05, 4.69) is 22.7 Å². The molecule has 2 heterocycles. The summed E-state index contributed by atoms with van der Waals surface area (Å²) in [6.07, 6.45) is 1.94. The molecule has 0 bridgehead atoms. The third kappa shape index (κ3) is 3.06. The normalized spacial score (nSPS) is 10.9. The summed E-state index contributed by atoms with van der Waals surface area (Å²) in [5.74, 6) is 5.32. The SMILES string of the molecule is CCCCNc1nc2oc(C)c(C(=O)NN)c2c(=O)n1-c1ccccc1. The Hall–Kier alpha value is -3.13. The molecule has 0 spiro atoms. The first-order valence-corrected chi connectivity index (χ1v) is 8.44. The van der Waals surface area contributed by atoms with Gasteiger partial charge in [-0.1, -0.05) is 31.5 Å². The number of fused-ring (bicyclic) bond motifs is 1. The Morgan fingerprint density at radius 1 is 1.31 bits per heavy atom. The van der Waals surface area contributed by atoms with Crippen molar-refractivity contribution in [3.05, 3.63) is 52.0 Å². The molecule has 3 rings (SSSR count). The number of aromatic nitrogens is 2. The van der Waals surface area contributed by atoms with E-state index in [9.17, 15) is 9.59 Å². The van der Waals surface area contributed by atoms with Gasteiger partial charge in [-0.2, -0.15) is 4.98 Å². The smallest absolute Gasteiger partial charge is 0.271 e. The third-order valence-corrected chi connectivity index (χ3v) is 4.09. The van der Waals surface area contributed by atoms with Crippen molar-refractivity contribution < 1.29 is 9.21 Å². The van der Waals surface area contributed by atoms with Crippen LogP contribution in [0.1, 0.15) is 35.9 Å². The van der Waals surface area contributed by atoms with Crippen LogP contribution < -0.4 is 22.1 Å². The Bertz CT molecular complexity index is 991. The lowest BCUT2D eigenvalue weighted by atomic mass is 10.2. The summed E-state index contributed by atoms with van der Waals surface area (Å²) in [7, 11) is 0. The maximum Gasteiger partial charge on any atom is 0.271 e. The maximum atomic E-state index is 13.2. The first-order chi connectivity index (χ1) is 12.6. The minimum Gasteiger partial charge on any atom is -0.442 e. The van der Waals surface area contributed by atoms with Crippen molar-refractivity contribution in [2.45, 2.75) is 26.7 Å². The van der Waals surface area contributed by atoms with Gasteiger partial charge in [0.05, 0.1) is 11.3 Å². The molecule has 3 aromatic rings. The molecule has 8 nitrogen and oxygen atoms in total. The Balaban J connectivity index is 2.29. The number of nitrogens with two attached hydrogens (primary N) is 1. The Kier molecular flexibility index (Phi) is 5.04. The highest BCUT2D eigenvalue weighted by Crippen LogP contribution is 2.24. The van der Waals surface area contributed by atoms with E-state index >= 15 is 0 Å². The number of rotatable bonds is 6. The Morgan fingerprint density at radius 2 is 2.04 bits per heavy atom. The number of hydrazine groups is 1. The number of anilines is 1. The molecule has 0 radical (unpaired) electrons. The van der Waals surface area contributed by atoms with Crippen molar-refractivity contribution in [2.24, 2.45) is 5.84 Å². The monoisotopic (exact) mass is 355 g/mol. The lowest BCUT2D eigenvalue weighted by Crippen LogP contribution is -2.32. The largest absolute Gasteiger partial charge is 0.442 e. The summed E-state index contributed by atoms with van der Waals surface area (Å²) in [6, 6.07) is 9.12. The van der Waals surface area contributed by atoms with Crippen LogP contribution in [0.25, 0.3) is 16.8 Å². The summed E-state index contributed by atoms with van der Waals surface area (Å²) in [4.78, 5) is 29.8. The van der Waals surface area contributed by atoms with Crippen LogP contribution in [-0.4, -0.2) is 22.0 Å². The number of nitrogens with one attached hydrogen (secondary N) is 2. The summed E-state index contributed by atoms with van der Waals surface area (Å²) < 4.78 is 7.00. The Morgan fingerprint density at radius 3 is 2.69 bits per heavy atom. The number of hydrogen-bond acceptors (Lipinski definition) is 6. The molecule has 2 aromatic heterocycles. The van der Waals surface area contributed by atoms with Gasteiger partial charge in [-0.25, -0.2) is 10.4 Å². The van der Waals surface area contributed by atoms with Gasteiger partial charge < -0.3 is 9.73 Å². The molecule has 0 unspecified atom stereocenters. The average molecular weight is 355 g/mol. The molecule has 4 N–H and O–H groups in total. The molecule has 0 aliphatic heterocycles. The van der Waals surface area contributed by atoms with Gasteiger partial charge in [-0.15, -0.1) is 0 Å². The molecule has 0 saturated heterocycles. The highest BCUT2D eigenvalue weighted by Gasteiger charge is 2.24. The summed E-state index contributed by atoms with van der Waals surface area (Å²) >= 11 is 0. The van der Waals surface area contributed by atoms with Gasteiger partial charge in [-0.3, -0.25) is 15.0 Å². The molecule has 26 heavy (non-hydrogen) atoms. The molecule has 136 valence electrons. The minimum absolute atomic E-state index is 0.102. The number of carbonyl (C=O) groups is 1. The molecular formula is C18H21N5O3. The van der Waals surface area contributed by atoms with Crippen LogP contribution in [0.2, 0.25) is 0 Å². The number of benzene rings is 1. The van der Waals surface area contributed by atoms with Gasteiger partial charge in [0.1, 0.15) is 11.1 Å². The first-order valence-electron chi connectivity index (χ1n) is 8.44. The van der Waals surface area contributed by atoms with E-state index in [0.717, 1.165) is 12.8 Å². The van der Waals surface area contributed by atoms with E-state index < -0.39 is 11.5 Å². The van der Waals surface area contributed by atoms with Gasteiger partial charge in [0, 0.05) is 6.54 Å². The van der Waals surface area contributed by atoms with Crippen LogP contribution in [0.3, 0.4) is 0 Å². The number of nitrogen functional groups attached to an aromatic ring is 1. The van der Waals surface area contributed by atoms with E-state index in [1.807, 2.05) is 18.2 Å². The molecule has 0 atom stereocenters. The molecule has 0 fully saturated rings. The zero-order valence-electron chi connectivity index (χ0n) is 14.7. The number of carbonyl (C=O) groups excluding carboxylic acids is 1. The summed E-state index contributed by atoms with van der Waals surface area (Å²) in [5, 5.41) is 3.29. The second-order valence-corrected chi connectivity index (χ2v) is 5.88. The highest BCUT2D eigenvalue weighted by atomic mass is 16.3. The zero-order valence-corrected chi connectivity index (χ0v) is 14.7.